The largest absolute Gasteiger partial charge is 0.505 e. The van der Waals surface area contributed by atoms with Crippen LogP contribution in [-0.4, -0.2) is 24.6 Å². The van der Waals surface area contributed by atoms with E-state index in [9.17, 15) is 10.2 Å². The number of nitrogens with zero attached hydrogens (tertiary/aromatic N) is 8. The smallest absolute Gasteiger partial charge is 0.197 e. The minimum atomic E-state index is -0.312. The second-order valence-electron chi connectivity index (χ2n) is 5.50. The molecule has 3 aromatic rings. The molecule has 2 aromatic heterocycles. The topological polar surface area (TPSA) is 152 Å². The second kappa shape index (κ2) is 8.44. The van der Waals surface area contributed by atoms with Crippen LogP contribution in [0.25, 0.3) is 0 Å². The molecule has 0 radical (unpaired) electrons. The van der Waals surface area contributed by atoms with Gasteiger partial charge in [0.05, 0.1) is 5.69 Å². The Morgan fingerprint density at radius 3 is 2.34 bits per heavy atom. The first-order chi connectivity index (χ1) is 13.8. The molecule has 0 aliphatic rings. The first-order valence-corrected chi connectivity index (χ1v) is 9.27. The molecule has 29 heavy (non-hydrogen) atoms. The number of azo groups is 2. The number of rotatable bonds is 4. The van der Waals surface area contributed by atoms with E-state index >= 15 is 0 Å². The second-order valence-corrected chi connectivity index (χ2v) is 6.99. The molecule has 1 aromatic carbocycles. The average Bonchev–Trinajstić information content (AvgIpc) is 3.07. The molecule has 0 bridgehead atoms. The zero-order chi connectivity index (χ0) is 21.1. The van der Waals surface area contributed by atoms with Crippen LogP contribution >= 0.6 is 34.7 Å². The van der Waals surface area contributed by atoms with E-state index in [4.69, 9.17) is 28.5 Å². The zero-order valence-corrected chi connectivity index (χ0v) is 17.1. The molecule has 146 valence electrons. The predicted octanol–water partition coefficient (Wildman–Crippen LogP) is 5.97. The minimum absolute atomic E-state index is 0.00114. The van der Waals surface area contributed by atoms with Gasteiger partial charge in [0.1, 0.15) is 45.9 Å². The van der Waals surface area contributed by atoms with Gasteiger partial charge >= 0.3 is 0 Å². The number of aryl methyl sites for hydroxylation is 1. The summed E-state index contributed by atoms with van der Waals surface area (Å²) in [5, 5.41) is 45.6. The molecule has 0 unspecified atom stereocenters. The lowest BCUT2D eigenvalue weighted by Gasteiger charge is -2.07. The van der Waals surface area contributed by atoms with Gasteiger partial charge in [0.2, 0.25) is 0 Å². The van der Waals surface area contributed by atoms with Gasteiger partial charge in [-0.15, -0.1) is 20.5 Å². The molecule has 0 spiro atoms. The first kappa shape index (κ1) is 20.5. The van der Waals surface area contributed by atoms with E-state index in [0.717, 1.165) is 17.9 Å². The summed E-state index contributed by atoms with van der Waals surface area (Å²) in [6, 6.07) is 3.26. The molecule has 0 atom stereocenters. The summed E-state index contributed by atoms with van der Waals surface area (Å²) < 4.78 is 4.04. The highest BCUT2D eigenvalue weighted by Crippen LogP contribution is 2.44. The number of aromatic hydroxyl groups is 2. The van der Waals surface area contributed by atoms with E-state index in [0.29, 0.717) is 16.3 Å². The fourth-order valence-electron chi connectivity index (χ4n) is 2.08. The lowest BCUT2D eigenvalue weighted by molar-refractivity contribution is 0.445. The van der Waals surface area contributed by atoms with E-state index in [2.05, 4.69) is 34.8 Å². The normalized spacial score (nSPS) is 11.4. The number of phenolic OH excluding ortho intramolecular Hbond substituents is 2. The van der Waals surface area contributed by atoms with Crippen LogP contribution in [0.4, 0.5) is 22.2 Å². The summed E-state index contributed by atoms with van der Waals surface area (Å²) in [5.74, 6) is -0.611. The molecule has 3 rings (SSSR count). The van der Waals surface area contributed by atoms with E-state index in [1.54, 1.807) is 6.92 Å². The quantitative estimate of drug-likeness (QED) is 0.370. The van der Waals surface area contributed by atoms with Gasteiger partial charge in [0.25, 0.3) is 0 Å². The maximum absolute atomic E-state index is 10.3. The van der Waals surface area contributed by atoms with Crippen molar-refractivity contribution in [3.8, 4) is 17.6 Å². The van der Waals surface area contributed by atoms with E-state index < -0.39 is 0 Å². The molecule has 0 aliphatic heterocycles. The Kier molecular flexibility index (Phi) is 5.97. The van der Waals surface area contributed by atoms with Crippen molar-refractivity contribution in [3.63, 3.8) is 0 Å². The van der Waals surface area contributed by atoms with Crippen LogP contribution < -0.4 is 0 Å². The third kappa shape index (κ3) is 4.14. The standard InChI is InChI=1S/C16H10Cl2N8O2S/c1-6-12(27)9(22-24-15-11(17)14(18)20-5-21-15)3-10(13(6)28)23-25-16-8(4-19)7(2)26-29-16/h3,5,27-28H,1-2H3. The molecule has 10 nitrogen and oxygen atoms in total. The number of aromatic nitrogens is 3. The van der Waals surface area contributed by atoms with Gasteiger partial charge in [-0.25, -0.2) is 9.97 Å². The van der Waals surface area contributed by atoms with Crippen LogP contribution in [0.5, 0.6) is 11.5 Å². The molecule has 13 heteroatoms. The number of nitriles is 1. The molecule has 2 heterocycles. The van der Waals surface area contributed by atoms with E-state index in [-0.39, 0.29) is 44.4 Å². The number of phenols is 2. The lowest BCUT2D eigenvalue weighted by atomic mass is 10.1. The molecular weight excluding hydrogens is 439 g/mol. The predicted molar refractivity (Wildman–Crippen MR) is 106 cm³/mol. The Labute approximate surface area is 178 Å². The molecule has 2 N–H and O–H groups in total. The van der Waals surface area contributed by atoms with Gasteiger partial charge < -0.3 is 10.2 Å². The molecule has 0 fully saturated rings. The Morgan fingerprint density at radius 2 is 1.69 bits per heavy atom. The zero-order valence-electron chi connectivity index (χ0n) is 14.8. The highest BCUT2D eigenvalue weighted by molar-refractivity contribution is 7.10. The van der Waals surface area contributed by atoms with Gasteiger partial charge in [0, 0.05) is 11.6 Å². The number of benzene rings is 1. The van der Waals surface area contributed by atoms with Crippen LogP contribution in [0.15, 0.2) is 32.9 Å². The highest BCUT2D eigenvalue weighted by atomic mass is 35.5. The maximum atomic E-state index is 10.3. The van der Waals surface area contributed by atoms with Crippen molar-refractivity contribution in [2.24, 2.45) is 20.5 Å². The van der Waals surface area contributed by atoms with Crippen LogP contribution in [0.1, 0.15) is 16.8 Å². The van der Waals surface area contributed by atoms with Crippen molar-refractivity contribution in [2.45, 2.75) is 13.8 Å². The van der Waals surface area contributed by atoms with Crippen molar-refractivity contribution in [1.29, 1.82) is 5.26 Å². The molecule has 0 saturated carbocycles. The van der Waals surface area contributed by atoms with Crippen LogP contribution in [0.3, 0.4) is 0 Å². The lowest BCUT2D eigenvalue weighted by Crippen LogP contribution is -1.82. The van der Waals surface area contributed by atoms with Crippen molar-refractivity contribution in [3.05, 3.63) is 39.4 Å². The molecule has 0 aliphatic carbocycles. The number of hydrogen-bond acceptors (Lipinski definition) is 11. The third-order valence-corrected chi connectivity index (χ3v) is 5.21. The monoisotopic (exact) mass is 448 g/mol. The van der Waals surface area contributed by atoms with Crippen molar-refractivity contribution in [1.82, 2.24) is 14.3 Å². The van der Waals surface area contributed by atoms with E-state index in [1.807, 2.05) is 6.07 Å². The van der Waals surface area contributed by atoms with Crippen molar-refractivity contribution >= 4 is 56.9 Å². The van der Waals surface area contributed by atoms with Crippen molar-refractivity contribution in [2.75, 3.05) is 0 Å². The van der Waals surface area contributed by atoms with Crippen LogP contribution in [0.2, 0.25) is 10.2 Å². The van der Waals surface area contributed by atoms with Gasteiger partial charge in [-0.2, -0.15) is 9.64 Å². The molecule has 0 amide bonds. The highest BCUT2D eigenvalue weighted by Gasteiger charge is 2.16. The van der Waals surface area contributed by atoms with Gasteiger partial charge in [-0.05, 0) is 25.4 Å². The van der Waals surface area contributed by atoms with Gasteiger partial charge in [-0.3, -0.25) is 0 Å². The van der Waals surface area contributed by atoms with Crippen molar-refractivity contribution < 1.29 is 10.2 Å². The minimum Gasteiger partial charge on any atom is -0.505 e. The summed E-state index contributed by atoms with van der Waals surface area (Å²) in [5.41, 5.74) is 0.941. The summed E-state index contributed by atoms with van der Waals surface area (Å²) in [6.07, 6.45) is 1.16. The Morgan fingerprint density at radius 1 is 1.03 bits per heavy atom. The fourth-order valence-corrected chi connectivity index (χ4v) is 3.02. The first-order valence-electron chi connectivity index (χ1n) is 7.74. The van der Waals surface area contributed by atoms with Crippen LogP contribution in [-0.2, 0) is 0 Å². The average molecular weight is 449 g/mol. The van der Waals surface area contributed by atoms with E-state index in [1.165, 1.54) is 13.0 Å². The van der Waals surface area contributed by atoms with Gasteiger partial charge in [-0.1, -0.05) is 23.2 Å². The third-order valence-electron chi connectivity index (χ3n) is 3.66. The maximum Gasteiger partial charge on any atom is 0.197 e. The Hall–Kier alpha value is -3.20. The SMILES string of the molecule is Cc1nsc(N=Nc2cc(N=Nc3ncnc(Cl)c3Cl)c(O)c(C)c2O)c1C#N. The summed E-state index contributed by atoms with van der Waals surface area (Å²) >= 11 is 12.8. The Bertz CT molecular complexity index is 1170. The summed E-state index contributed by atoms with van der Waals surface area (Å²) in [4.78, 5) is 7.55. The Balaban J connectivity index is 2.01. The fraction of sp³-hybridized carbons (Fsp3) is 0.125. The van der Waals surface area contributed by atoms with Gasteiger partial charge in [0.15, 0.2) is 16.0 Å². The molecular formula is C16H10Cl2N8O2S. The number of halogens is 2. The molecule has 0 saturated heterocycles. The number of hydrogen-bond donors (Lipinski definition) is 2. The summed E-state index contributed by atoms with van der Waals surface area (Å²) in [7, 11) is 0. The van der Waals surface area contributed by atoms with Crippen LogP contribution in [0, 0.1) is 25.2 Å². The summed E-state index contributed by atoms with van der Waals surface area (Å²) in [6.45, 7) is 3.15.